The number of phenols is 1. The fourth-order valence-electron chi connectivity index (χ4n) is 4.53. The second-order valence-electron chi connectivity index (χ2n) is 9.30. The Bertz CT molecular complexity index is 1130. The van der Waals surface area contributed by atoms with Crippen LogP contribution in [-0.2, 0) is 28.5 Å². The first-order valence-corrected chi connectivity index (χ1v) is 12.7. The fourth-order valence-corrected chi connectivity index (χ4v) is 4.53. The van der Waals surface area contributed by atoms with Crippen molar-refractivity contribution in [2.45, 2.75) is 63.3 Å². The number of hydrogen-bond acceptors (Lipinski definition) is 10. The van der Waals surface area contributed by atoms with Crippen LogP contribution in [0.1, 0.15) is 43.7 Å². The summed E-state index contributed by atoms with van der Waals surface area (Å²) in [6.07, 6.45) is -3.92. The van der Waals surface area contributed by atoms with Gasteiger partial charge in [0.15, 0.2) is 30.0 Å². The van der Waals surface area contributed by atoms with E-state index < -0.39 is 48.6 Å². The van der Waals surface area contributed by atoms with Crippen molar-refractivity contribution in [3.8, 4) is 11.5 Å². The molecule has 0 aromatic heterocycles. The van der Waals surface area contributed by atoms with Gasteiger partial charge < -0.3 is 39.0 Å². The standard InChI is InChI=1S/C29H36O10/c1-17-25(32)26(38-18(2)30)27(29(34)37-17)39-28(33)22(15-19-12-13-23(31)24(16-19)36-4)21(11-8-14-35-3)20-9-6-5-7-10-20/h5-7,9-10,12-13,15-17,21,25-27,29,31-32,34H,8,11,14H2,1-4H3. The van der Waals surface area contributed by atoms with Gasteiger partial charge >= 0.3 is 11.9 Å². The number of aliphatic hydroxyl groups is 2. The zero-order valence-corrected chi connectivity index (χ0v) is 22.5. The van der Waals surface area contributed by atoms with E-state index in [2.05, 4.69) is 0 Å². The van der Waals surface area contributed by atoms with Gasteiger partial charge in [0.25, 0.3) is 0 Å². The molecule has 3 rings (SSSR count). The van der Waals surface area contributed by atoms with Crippen LogP contribution in [0.5, 0.6) is 11.5 Å². The number of rotatable bonds is 11. The summed E-state index contributed by atoms with van der Waals surface area (Å²) in [5, 5.41) is 31.3. The number of benzene rings is 2. The van der Waals surface area contributed by atoms with Gasteiger partial charge in [-0.05, 0) is 49.1 Å². The van der Waals surface area contributed by atoms with E-state index in [9.17, 15) is 24.9 Å². The van der Waals surface area contributed by atoms with Crippen LogP contribution < -0.4 is 4.74 Å². The summed E-state index contributed by atoms with van der Waals surface area (Å²) in [6, 6.07) is 14.0. The van der Waals surface area contributed by atoms with Crippen LogP contribution in [0, 0.1) is 0 Å². The molecular weight excluding hydrogens is 508 g/mol. The molecule has 10 nitrogen and oxygen atoms in total. The number of esters is 2. The summed E-state index contributed by atoms with van der Waals surface area (Å²) < 4.78 is 26.8. The Labute approximate surface area is 227 Å². The van der Waals surface area contributed by atoms with E-state index in [4.69, 9.17) is 23.7 Å². The van der Waals surface area contributed by atoms with Crippen molar-refractivity contribution in [3.63, 3.8) is 0 Å². The van der Waals surface area contributed by atoms with Crippen molar-refractivity contribution in [1.82, 2.24) is 0 Å². The first kappa shape index (κ1) is 30.1. The van der Waals surface area contributed by atoms with Crippen LogP contribution in [0.4, 0.5) is 0 Å². The van der Waals surface area contributed by atoms with Crippen LogP contribution >= 0.6 is 0 Å². The molecule has 1 aliphatic heterocycles. The summed E-state index contributed by atoms with van der Waals surface area (Å²) in [7, 11) is 3.01. The number of methoxy groups -OCH3 is 2. The van der Waals surface area contributed by atoms with Crippen molar-refractivity contribution >= 4 is 18.0 Å². The van der Waals surface area contributed by atoms with Gasteiger partial charge in [0.1, 0.15) is 6.10 Å². The number of carbonyl (C=O) groups is 2. The molecule has 1 heterocycles. The molecule has 1 aliphatic rings. The average Bonchev–Trinajstić information content (AvgIpc) is 2.91. The third kappa shape index (κ3) is 7.79. The molecule has 1 fully saturated rings. The van der Waals surface area contributed by atoms with E-state index in [0.717, 1.165) is 12.5 Å². The Balaban J connectivity index is 2.06. The smallest absolute Gasteiger partial charge is 0.335 e. The lowest BCUT2D eigenvalue weighted by molar-refractivity contribution is -0.285. The maximum Gasteiger partial charge on any atom is 0.335 e. The zero-order chi connectivity index (χ0) is 28.5. The Morgan fingerprint density at radius 2 is 1.77 bits per heavy atom. The van der Waals surface area contributed by atoms with E-state index in [1.165, 1.54) is 20.1 Å². The summed E-state index contributed by atoms with van der Waals surface area (Å²) in [6.45, 7) is 3.13. The third-order valence-corrected chi connectivity index (χ3v) is 6.50. The van der Waals surface area contributed by atoms with Crippen molar-refractivity contribution in [1.29, 1.82) is 0 Å². The van der Waals surface area contributed by atoms with Crippen molar-refractivity contribution in [2.24, 2.45) is 0 Å². The number of hydrogen-bond donors (Lipinski definition) is 3. The first-order valence-electron chi connectivity index (χ1n) is 12.7. The second-order valence-corrected chi connectivity index (χ2v) is 9.30. The number of carbonyl (C=O) groups excluding carboxylic acids is 2. The highest BCUT2D eigenvalue weighted by Gasteiger charge is 2.48. The monoisotopic (exact) mass is 544 g/mol. The minimum absolute atomic E-state index is 0.0618. The highest BCUT2D eigenvalue weighted by molar-refractivity contribution is 5.95. The molecule has 0 spiro atoms. The van der Waals surface area contributed by atoms with Gasteiger partial charge in [-0.2, -0.15) is 0 Å². The molecule has 0 bridgehead atoms. The van der Waals surface area contributed by atoms with Crippen molar-refractivity contribution in [2.75, 3.05) is 20.8 Å². The molecule has 3 N–H and O–H groups in total. The van der Waals surface area contributed by atoms with E-state index in [1.807, 2.05) is 30.3 Å². The van der Waals surface area contributed by atoms with Gasteiger partial charge in [-0.3, -0.25) is 4.79 Å². The highest BCUT2D eigenvalue weighted by atomic mass is 16.7. The lowest BCUT2D eigenvalue weighted by Crippen LogP contribution is -2.59. The fraction of sp³-hybridized carbons (Fsp3) is 0.448. The summed E-state index contributed by atoms with van der Waals surface area (Å²) in [4.78, 5) is 25.6. The Morgan fingerprint density at radius 3 is 2.41 bits per heavy atom. The van der Waals surface area contributed by atoms with E-state index >= 15 is 0 Å². The second kappa shape index (κ2) is 14.1. The van der Waals surface area contributed by atoms with Crippen molar-refractivity contribution < 1.29 is 48.6 Å². The van der Waals surface area contributed by atoms with E-state index in [-0.39, 0.29) is 17.1 Å². The van der Waals surface area contributed by atoms with Crippen molar-refractivity contribution in [3.05, 3.63) is 65.2 Å². The molecule has 0 saturated carbocycles. The number of aliphatic hydroxyl groups excluding tert-OH is 2. The Morgan fingerprint density at radius 1 is 1.05 bits per heavy atom. The zero-order valence-electron chi connectivity index (χ0n) is 22.5. The van der Waals surface area contributed by atoms with Crippen LogP contribution in [0.25, 0.3) is 6.08 Å². The predicted molar refractivity (Wildman–Crippen MR) is 141 cm³/mol. The molecule has 2 aromatic carbocycles. The predicted octanol–water partition coefficient (Wildman–Crippen LogP) is 2.94. The molecule has 0 amide bonds. The largest absolute Gasteiger partial charge is 0.504 e. The summed E-state index contributed by atoms with van der Waals surface area (Å²) in [5.74, 6) is -1.81. The van der Waals surface area contributed by atoms with Crippen LogP contribution in [0.2, 0.25) is 0 Å². The molecule has 39 heavy (non-hydrogen) atoms. The number of phenolic OH excluding ortho intramolecular Hbond substituents is 1. The minimum Gasteiger partial charge on any atom is -0.504 e. The molecule has 10 heteroatoms. The maximum absolute atomic E-state index is 13.9. The number of aromatic hydroxyl groups is 1. The molecule has 6 atom stereocenters. The lowest BCUT2D eigenvalue weighted by Gasteiger charge is -2.40. The molecule has 212 valence electrons. The summed E-state index contributed by atoms with van der Waals surface area (Å²) >= 11 is 0. The van der Waals surface area contributed by atoms with Gasteiger partial charge in [-0.15, -0.1) is 0 Å². The average molecular weight is 545 g/mol. The van der Waals surface area contributed by atoms with Gasteiger partial charge in [0.05, 0.1) is 13.2 Å². The quantitative estimate of drug-likeness (QED) is 0.220. The van der Waals surface area contributed by atoms with Gasteiger partial charge in [0.2, 0.25) is 0 Å². The van der Waals surface area contributed by atoms with Gasteiger partial charge in [-0.1, -0.05) is 36.4 Å². The first-order chi connectivity index (χ1) is 18.7. The maximum atomic E-state index is 13.9. The summed E-state index contributed by atoms with van der Waals surface area (Å²) in [5.41, 5.74) is 1.62. The Kier molecular flexibility index (Phi) is 10.9. The molecule has 2 aromatic rings. The molecular formula is C29H36O10. The van der Waals surface area contributed by atoms with Crippen LogP contribution in [0.15, 0.2) is 54.1 Å². The van der Waals surface area contributed by atoms with Gasteiger partial charge in [-0.25, -0.2) is 4.79 Å². The molecule has 6 unspecified atom stereocenters. The van der Waals surface area contributed by atoms with Gasteiger partial charge in [0, 0.05) is 32.1 Å². The highest BCUT2D eigenvalue weighted by Crippen LogP contribution is 2.35. The molecule has 0 aliphatic carbocycles. The lowest BCUT2D eigenvalue weighted by atomic mass is 9.86. The van der Waals surface area contributed by atoms with Crippen LogP contribution in [-0.4, -0.2) is 78.8 Å². The van der Waals surface area contributed by atoms with E-state index in [1.54, 1.807) is 25.3 Å². The van der Waals surface area contributed by atoms with E-state index in [0.29, 0.717) is 25.0 Å². The third-order valence-electron chi connectivity index (χ3n) is 6.50. The molecule has 0 radical (unpaired) electrons. The Hall–Kier alpha value is -3.44. The molecule has 1 saturated heterocycles. The minimum atomic E-state index is -1.64. The SMILES string of the molecule is COCCCC(C(=Cc1ccc(O)c(OC)c1)C(=O)OC1C(O)OC(C)C(O)C1OC(C)=O)c1ccccc1. The topological polar surface area (TPSA) is 141 Å². The normalized spacial score (nSPS) is 24.1. The van der Waals surface area contributed by atoms with Crippen LogP contribution in [0.3, 0.4) is 0 Å². The number of ether oxygens (including phenoxy) is 5.